The number of hydrogen-bond donors (Lipinski definition) is 4. The van der Waals surface area contributed by atoms with Crippen LogP contribution in [0.1, 0.15) is 50.5 Å². The molecule has 0 radical (unpaired) electrons. The van der Waals surface area contributed by atoms with Gasteiger partial charge in [-0.05, 0) is 56.2 Å². The third-order valence-electron chi connectivity index (χ3n) is 8.76. The number of likely N-dealkylation sites (tertiary alicyclic amines) is 1. The molecule has 0 bridgehead atoms. The number of aromatic nitrogens is 4. The van der Waals surface area contributed by atoms with Crippen LogP contribution in [0.3, 0.4) is 0 Å². The Labute approximate surface area is 277 Å². The van der Waals surface area contributed by atoms with Gasteiger partial charge in [-0.3, -0.25) is 19.7 Å². The molecule has 1 saturated heterocycles. The Morgan fingerprint density at radius 3 is 2.54 bits per heavy atom. The van der Waals surface area contributed by atoms with Crippen LogP contribution in [0.4, 0.5) is 9.59 Å². The Kier molecular flexibility index (Phi) is 12.3. The summed E-state index contributed by atoms with van der Waals surface area (Å²) in [7, 11) is 3.26. The third-order valence-corrected chi connectivity index (χ3v) is 8.76. The Balaban J connectivity index is 0.941. The molecular formula is C32H45N7O9. The van der Waals surface area contributed by atoms with Gasteiger partial charge in [-0.1, -0.05) is 18.9 Å². The lowest BCUT2D eigenvalue weighted by molar-refractivity contribution is -0.0319. The van der Waals surface area contributed by atoms with Crippen molar-refractivity contribution in [3.8, 4) is 11.5 Å². The number of nitrogens with one attached hydrogen (secondary N) is 4. The van der Waals surface area contributed by atoms with Crippen molar-refractivity contribution in [3.05, 3.63) is 50.8 Å². The molecule has 3 heterocycles. The summed E-state index contributed by atoms with van der Waals surface area (Å²) in [5.74, 6) is 1.43. The molecule has 3 aromatic rings. The van der Waals surface area contributed by atoms with E-state index in [1.165, 1.54) is 17.3 Å². The number of nitrogens with zero attached hydrogens (tertiary/aromatic N) is 3. The number of fused-ring (bicyclic) bond motifs is 1. The predicted molar refractivity (Wildman–Crippen MR) is 174 cm³/mol. The number of amides is 2. The van der Waals surface area contributed by atoms with Gasteiger partial charge in [0.25, 0.3) is 5.56 Å². The maximum absolute atomic E-state index is 12.4. The molecule has 1 aliphatic carbocycles. The molecule has 2 aromatic heterocycles. The van der Waals surface area contributed by atoms with E-state index in [0.29, 0.717) is 56.6 Å². The van der Waals surface area contributed by atoms with Crippen molar-refractivity contribution in [1.82, 2.24) is 35.3 Å². The number of H-pyrrole nitrogens is 2. The molecule has 0 unspecified atom stereocenters. The van der Waals surface area contributed by atoms with Crippen LogP contribution in [0.15, 0.2) is 34.0 Å². The zero-order valence-electron chi connectivity index (χ0n) is 27.5. The molecule has 16 heteroatoms. The number of hydrogen-bond acceptors (Lipinski definition) is 11. The first-order chi connectivity index (χ1) is 23.3. The highest BCUT2D eigenvalue weighted by Crippen LogP contribution is 2.30. The number of methoxy groups -OCH3 is 2. The molecule has 1 aromatic carbocycles. The first kappa shape index (κ1) is 34.8. The molecule has 48 heavy (non-hydrogen) atoms. The van der Waals surface area contributed by atoms with Crippen LogP contribution in [-0.4, -0.2) is 102 Å². The van der Waals surface area contributed by atoms with Crippen LogP contribution < -0.4 is 31.4 Å². The van der Waals surface area contributed by atoms with Crippen LogP contribution in [0.5, 0.6) is 11.5 Å². The van der Waals surface area contributed by atoms with Crippen LogP contribution in [0.25, 0.3) is 11.0 Å². The molecule has 16 nitrogen and oxygen atoms in total. The fraction of sp³-hybridized carbons (Fsp3) is 0.594. The summed E-state index contributed by atoms with van der Waals surface area (Å²) in [5.41, 5.74) is 0.0338. The fourth-order valence-electron chi connectivity index (χ4n) is 6.29. The number of unbranched alkanes of at least 4 members (excludes halogenated alkanes) is 1. The fourth-order valence-corrected chi connectivity index (χ4v) is 6.29. The van der Waals surface area contributed by atoms with Crippen LogP contribution >= 0.6 is 0 Å². The van der Waals surface area contributed by atoms with Crippen LogP contribution in [0, 0.1) is 0 Å². The maximum atomic E-state index is 12.4. The van der Waals surface area contributed by atoms with Gasteiger partial charge in [-0.15, -0.1) is 0 Å². The second-order valence-electron chi connectivity index (χ2n) is 11.9. The molecule has 3 atom stereocenters. The second-order valence-corrected chi connectivity index (χ2v) is 11.9. The molecule has 4 N–H and O–H groups in total. The van der Waals surface area contributed by atoms with E-state index in [-0.39, 0.29) is 30.0 Å². The van der Waals surface area contributed by atoms with Gasteiger partial charge in [0.15, 0.2) is 18.2 Å². The smallest absolute Gasteiger partial charge is 0.408 e. The van der Waals surface area contributed by atoms with E-state index in [4.69, 9.17) is 23.7 Å². The number of carbonyl (C=O) groups is 2. The summed E-state index contributed by atoms with van der Waals surface area (Å²) in [4.78, 5) is 54.7. The quantitative estimate of drug-likeness (QED) is 0.173. The van der Waals surface area contributed by atoms with E-state index in [1.807, 2.05) is 18.2 Å². The van der Waals surface area contributed by atoms with Crippen molar-refractivity contribution >= 4 is 23.2 Å². The van der Waals surface area contributed by atoms with Gasteiger partial charge in [0, 0.05) is 32.2 Å². The maximum Gasteiger partial charge on any atom is 0.408 e. The summed E-state index contributed by atoms with van der Waals surface area (Å²) in [6, 6.07) is 6.26. The lowest BCUT2D eigenvalue weighted by Gasteiger charge is -2.37. The van der Waals surface area contributed by atoms with Crippen molar-refractivity contribution in [3.63, 3.8) is 0 Å². The van der Waals surface area contributed by atoms with E-state index in [2.05, 4.69) is 30.6 Å². The van der Waals surface area contributed by atoms with E-state index in [1.54, 1.807) is 14.2 Å². The highest BCUT2D eigenvalue weighted by atomic mass is 16.6. The SMILES string of the molecule is COc1ccc(CCO[C@@H]2CCCC[C@H]2N2CC[C@@H](OC(=O)NCCCCNC(=O)OCn3ncc4c(=O)[nH]c(=O)[nH]c43)C2)cc1OC. The van der Waals surface area contributed by atoms with E-state index in [0.717, 1.165) is 44.2 Å². The minimum Gasteiger partial charge on any atom is -0.493 e. The van der Waals surface area contributed by atoms with Gasteiger partial charge in [0.05, 0.1) is 33.1 Å². The molecule has 2 fully saturated rings. The third kappa shape index (κ3) is 9.28. The zero-order valence-corrected chi connectivity index (χ0v) is 27.5. The van der Waals surface area contributed by atoms with E-state index in [9.17, 15) is 19.2 Å². The molecule has 5 rings (SSSR count). The topological polar surface area (TPSA) is 191 Å². The summed E-state index contributed by atoms with van der Waals surface area (Å²) in [5, 5.41) is 9.55. The predicted octanol–water partition coefficient (Wildman–Crippen LogP) is 2.27. The Bertz CT molecular complexity index is 1640. The van der Waals surface area contributed by atoms with Gasteiger partial charge >= 0.3 is 17.9 Å². The van der Waals surface area contributed by atoms with Gasteiger partial charge < -0.3 is 34.3 Å². The van der Waals surface area contributed by atoms with Crippen molar-refractivity contribution in [2.45, 2.75) is 76.3 Å². The van der Waals surface area contributed by atoms with Gasteiger partial charge in [0.2, 0.25) is 0 Å². The molecular weight excluding hydrogens is 626 g/mol. The average molecular weight is 672 g/mol. The monoisotopic (exact) mass is 671 g/mol. The summed E-state index contributed by atoms with van der Waals surface area (Å²) < 4.78 is 29.2. The number of benzene rings is 1. The van der Waals surface area contributed by atoms with Crippen LogP contribution in [-0.2, 0) is 27.4 Å². The van der Waals surface area contributed by atoms with E-state index >= 15 is 0 Å². The summed E-state index contributed by atoms with van der Waals surface area (Å²) in [6.45, 7) is 2.65. The minimum atomic E-state index is -0.681. The highest BCUT2D eigenvalue weighted by Gasteiger charge is 2.36. The summed E-state index contributed by atoms with van der Waals surface area (Å²) in [6.07, 6.45) is 7.37. The molecule has 2 amide bonds. The standard InChI is InChI=1S/C32H45N7O9/c1-44-26-10-9-21(17-27(26)45-2)12-16-46-25-8-4-3-7-24(25)38-15-11-22(19-38)48-32(43)34-14-6-5-13-33-31(42)47-20-39-28-23(18-35-39)29(40)37-30(41)36-28/h9-10,17-18,22,24-25H,3-8,11-16,19-20H2,1-2H3,(H,33,42)(H,34,43)(H2,36,37,40,41)/t22-,24-,25-/m1/s1. The zero-order chi connectivity index (χ0) is 33.9. The highest BCUT2D eigenvalue weighted by molar-refractivity contribution is 5.72. The molecule has 262 valence electrons. The molecule has 0 spiro atoms. The number of ether oxygens (including phenoxy) is 5. The van der Waals surface area contributed by atoms with Crippen molar-refractivity contribution in [2.75, 3.05) is 47.0 Å². The normalized spacial score (nSPS) is 19.6. The number of rotatable bonds is 15. The lowest BCUT2D eigenvalue weighted by Crippen LogP contribution is -2.46. The average Bonchev–Trinajstić information content (AvgIpc) is 3.72. The van der Waals surface area contributed by atoms with Gasteiger partial charge in [-0.25, -0.2) is 19.1 Å². The number of alkyl carbamates (subject to hydrolysis) is 2. The van der Waals surface area contributed by atoms with Crippen molar-refractivity contribution in [1.29, 1.82) is 0 Å². The first-order valence-corrected chi connectivity index (χ1v) is 16.4. The largest absolute Gasteiger partial charge is 0.493 e. The molecule has 1 saturated carbocycles. The second kappa shape index (κ2) is 17.0. The minimum absolute atomic E-state index is 0.152. The first-order valence-electron chi connectivity index (χ1n) is 16.4. The molecule has 1 aliphatic heterocycles. The Hall–Kier alpha value is -4.57. The van der Waals surface area contributed by atoms with E-state index < -0.39 is 23.4 Å². The van der Waals surface area contributed by atoms with Gasteiger partial charge in [-0.2, -0.15) is 5.10 Å². The lowest BCUT2D eigenvalue weighted by atomic mass is 9.91. The number of aromatic amines is 2. The Morgan fingerprint density at radius 2 is 1.75 bits per heavy atom. The Morgan fingerprint density at radius 1 is 0.979 bits per heavy atom. The molecule has 2 aliphatic rings. The summed E-state index contributed by atoms with van der Waals surface area (Å²) >= 11 is 0. The number of carbonyl (C=O) groups excluding carboxylic acids is 2. The van der Waals surface area contributed by atoms with Crippen molar-refractivity contribution < 1.29 is 33.3 Å². The van der Waals surface area contributed by atoms with Crippen molar-refractivity contribution in [2.24, 2.45) is 0 Å². The van der Waals surface area contributed by atoms with Crippen LogP contribution in [0.2, 0.25) is 0 Å². The van der Waals surface area contributed by atoms with Gasteiger partial charge in [0.1, 0.15) is 17.1 Å².